The van der Waals surface area contributed by atoms with Crippen molar-refractivity contribution in [2.24, 2.45) is 5.73 Å². The SMILES string of the molecule is C#CCNc1nc(Nc2ccc3c(c2)NC[C@H](O)CO3)ncc1C(N)=O.S. The maximum Gasteiger partial charge on any atom is 0.254 e. The Morgan fingerprint density at radius 3 is 3.07 bits per heavy atom. The molecule has 0 saturated carbocycles. The molecule has 10 heteroatoms. The van der Waals surface area contributed by atoms with Crippen LogP contribution in [0.3, 0.4) is 0 Å². The molecule has 0 spiro atoms. The lowest BCUT2D eigenvalue weighted by Crippen LogP contribution is -2.23. The number of hydrogen-bond donors (Lipinski definition) is 5. The summed E-state index contributed by atoms with van der Waals surface area (Å²) in [6, 6.07) is 5.38. The normalized spacial score (nSPS) is 14.9. The van der Waals surface area contributed by atoms with Gasteiger partial charge in [0.25, 0.3) is 5.91 Å². The first-order chi connectivity index (χ1) is 12.6. The number of anilines is 4. The summed E-state index contributed by atoms with van der Waals surface area (Å²) in [5.41, 5.74) is 6.91. The van der Waals surface area contributed by atoms with Crippen LogP contribution in [0.25, 0.3) is 0 Å². The molecule has 1 atom stereocenters. The number of aliphatic hydroxyl groups is 1. The summed E-state index contributed by atoms with van der Waals surface area (Å²) in [5.74, 6) is 2.93. The summed E-state index contributed by atoms with van der Waals surface area (Å²) >= 11 is 0. The molecule has 0 unspecified atom stereocenters. The van der Waals surface area contributed by atoms with E-state index < -0.39 is 12.0 Å². The van der Waals surface area contributed by atoms with Gasteiger partial charge in [-0.1, -0.05) is 5.92 Å². The smallest absolute Gasteiger partial charge is 0.254 e. The number of amides is 1. The first-order valence-corrected chi connectivity index (χ1v) is 7.87. The molecule has 3 rings (SSSR count). The van der Waals surface area contributed by atoms with Crippen molar-refractivity contribution < 1.29 is 14.6 Å². The maximum atomic E-state index is 11.5. The van der Waals surface area contributed by atoms with Crippen molar-refractivity contribution in [3.8, 4) is 18.1 Å². The number of carbonyl (C=O) groups is 1. The Hall–Kier alpha value is -3.16. The Bertz CT molecular complexity index is 870. The number of aromatic nitrogens is 2. The highest BCUT2D eigenvalue weighted by Gasteiger charge is 2.16. The van der Waals surface area contributed by atoms with Crippen LogP contribution in [-0.4, -0.2) is 46.8 Å². The zero-order valence-corrected chi connectivity index (χ0v) is 15.3. The van der Waals surface area contributed by atoms with Crippen LogP contribution < -0.4 is 26.4 Å². The highest BCUT2D eigenvalue weighted by Crippen LogP contribution is 2.30. The molecule has 1 aromatic heterocycles. The van der Waals surface area contributed by atoms with Gasteiger partial charge in [0, 0.05) is 18.4 Å². The average molecular weight is 388 g/mol. The van der Waals surface area contributed by atoms with Gasteiger partial charge in [0.15, 0.2) is 0 Å². The molecule has 1 aliphatic heterocycles. The second kappa shape index (κ2) is 8.98. The standard InChI is InChI=1S/C17H18N6O3.H2S/c1-2-5-19-16-12(15(18)25)8-21-17(23-16)22-10-3-4-14-13(6-10)20-7-11(24)9-26-14;/h1,3-4,6,8,11,20,24H,5,7,9H2,(H2,18,25)(H2,19,21,22,23);1H2/t11-;/m0./s1. The Balaban J connectivity index is 0.00000261. The van der Waals surface area contributed by atoms with Gasteiger partial charge >= 0.3 is 0 Å². The second-order valence-corrected chi connectivity index (χ2v) is 5.56. The molecule has 1 aliphatic rings. The van der Waals surface area contributed by atoms with Crippen LogP contribution >= 0.6 is 13.5 Å². The van der Waals surface area contributed by atoms with E-state index in [4.69, 9.17) is 16.9 Å². The highest BCUT2D eigenvalue weighted by molar-refractivity contribution is 7.59. The van der Waals surface area contributed by atoms with Crippen LogP contribution in [0.4, 0.5) is 23.1 Å². The Morgan fingerprint density at radius 1 is 1.52 bits per heavy atom. The number of β-amino-alcohol motifs (C(OH)–C–C–N with tert-alkyl or cyclic N) is 1. The van der Waals surface area contributed by atoms with Crippen molar-refractivity contribution in [2.75, 3.05) is 35.6 Å². The van der Waals surface area contributed by atoms with Crippen LogP contribution in [-0.2, 0) is 0 Å². The number of primary amides is 1. The quantitative estimate of drug-likeness (QED) is 0.471. The van der Waals surface area contributed by atoms with E-state index in [0.717, 1.165) is 5.69 Å². The van der Waals surface area contributed by atoms with Crippen LogP contribution in [0, 0.1) is 12.3 Å². The molecule has 0 fully saturated rings. The largest absolute Gasteiger partial charge is 0.489 e. The molecular weight excluding hydrogens is 368 g/mol. The number of rotatable bonds is 5. The molecule has 0 saturated heterocycles. The Kier molecular flexibility index (Phi) is 6.70. The molecular formula is C17H20N6O3S. The van der Waals surface area contributed by atoms with Gasteiger partial charge in [0.1, 0.15) is 24.3 Å². The third-order valence-electron chi connectivity index (χ3n) is 3.61. The predicted molar refractivity (Wildman–Crippen MR) is 108 cm³/mol. The van der Waals surface area contributed by atoms with Gasteiger partial charge in [-0.15, -0.1) is 6.42 Å². The number of fused-ring (bicyclic) bond motifs is 1. The lowest BCUT2D eigenvalue weighted by molar-refractivity contribution is 0.100. The van der Waals surface area contributed by atoms with Gasteiger partial charge in [0.05, 0.1) is 17.8 Å². The lowest BCUT2D eigenvalue weighted by Gasteiger charge is -2.12. The second-order valence-electron chi connectivity index (χ2n) is 5.56. The number of ether oxygens (including phenoxy) is 1. The molecule has 9 nitrogen and oxygen atoms in total. The molecule has 1 aromatic carbocycles. The van der Waals surface area contributed by atoms with Crippen molar-refractivity contribution >= 4 is 42.5 Å². The van der Waals surface area contributed by atoms with Crippen LogP contribution in [0.2, 0.25) is 0 Å². The van der Waals surface area contributed by atoms with Crippen molar-refractivity contribution in [1.29, 1.82) is 0 Å². The van der Waals surface area contributed by atoms with Gasteiger partial charge in [0.2, 0.25) is 5.95 Å². The van der Waals surface area contributed by atoms with Crippen LogP contribution in [0.15, 0.2) is 24.4 Å². The zero-order valence-electron chi connectivity index (χ0n) is 14.3. The monoisotopic (exact) mass is 388 g/mol. The number of aliphatic hydroxyl groups excluding tert-OH is 1. The van der Waals surface area contributed by atoms with Crippen molar-refractivity contribution in [3.63, 3.8) is 0 Å². The number of hydrogen-bond acceptors (Lipinski definition) is 8. The van der Waals surface area contributed by atoms with Gasteiger partial charge in [-0.3, -0.25) is 4.79 Å². The van der Waals surface area contributed by atoms with Crippen LogP contribution in [0.5, 0.6) is 5.75 Å². The van der Waals surface area contributed by atoms with E-state index in [1.165, 1.54) is 6.20 Å². The molecule has 2 aromatic rings. The lowest BCUT2D eigenvalue weighted by atomic mass is 10.2. The molecule has 0 radical (unpaired) electrons. The molecule has 2 heterocycles. The summed E-state index contributed by atoms with van der Waals surface area (Å²) in [6.07, 6.45) is 5.98. The zero-order chi connectivity index (χ0) is 18.5. The third-order valence-corrected chi connectivity index (χ3v) is 3.61. The van der Waals surface area contributed by atoms with Crippen LogP contribution in [0.1, 0.15) is 10.4 Å². The molecule has 0 bridgehead atoms. The average Bonchev–Trinajstić information content (AvgIpc) is 2.81. The van der Waals surface area contributed by atoms with E-state index in [1.807, 2.05) is 6.07 Å². The van der Waals surface area contributed by atoms with Gasteiger partial charge in [-0.05, 0) is 18.2 Å². The van der Waals surface area contributed by atoms with Gasteiger partial charge in [-0.25, -0.2) is 4.98 Å². The summed E-state index contributed by atoms with van der Waals surface area (Å²) in [4.78, 5) is 19.8. The number of carbonyl (C=O) groups excluding carboxylic acids is 1. The van der Waals surface area contributed by atoms with Gasteiger partial charge in [-0.2, -0.15) is 18.5 Å². The minimum atomic E-state index is -0.652. The minimum Gasteiger partial charge on any atom is -0.489 e. The highest BCUT2D eigenvalue weighted by atomic mass is 32.1. The minimum absolute atomic E-state index is 0. The summed E-state index contributed by atoms with van der Waals surface area (Å²) in [5, 5.41) is 18.7. The predicted octanol–water partition coefficient (Wildman–Crippen LogP) is 0.642. The number of nitrogens with two attached hydrogens (primary N) is 1. The first kappa shape index (κ1) is 20.2. The number of terminal acetylenes is 1. The Labute approximate surface area is 163 Å². The fourth-order valence-corrected chi connectivity index (χ4v) is 2.37. The molecule has 1 amide bonds. The first-order valence-electron chi connectivity index (χ1n) is 7.87. The number of nitrogens with one attached hydrogen (secondary N) is 3. The summed E-state index contributed by atoms with van der Waals surface area (Å²) < 4.78 is 5.52. The topological polar surface area (TPSA) is 134 Å². The number of nitrogens with zero attached hydrogens (tertiary/aromatic N) is 2. The molecule has 0 aliphatic carbocycles. The summed E-state index contributed by atoms with van der Waals surface area (Å²) in [6.45, 7) is 0.814. The van der Waals surface area contributed by atoms with E-state index in [-0.39, 0.29) is 44.0 Å². The molecule has 6 N–H and O–H groups in total. The van der Waals surface area contributed by atoms with Crippen molar-refractivity contribution in [2.45, 2.75) is 6.10 Å². The maximum absolute atomic E-state index is 11.5. The fraction of sp³-hybridized carbons (Fsp3) is 0.235. The molecule has 27 heavy (non-hydrogen) atoms. The summed E-state index contributed by atoms with van der Waals surface area (Å²) in [7, 11) is 0. The van der Waals surface area contributed by atoms with E-state index in [0.29, 0.717) is 18.0 Å². The van der Waals surface area contributed by atoms with Crippen molar-refractivity contribution in [3.05, 3.63) is 30.0 Å². The van der Waals surface area contributed by atoms with E-state index >= 15 is 0 Å². The fourth-order valence-electron chi connectivity index (χ4n) is 2.37. The van der Waals surface area contributed by atoms with E-state index in [9.17, 15) is 9.90 Å². The Morgan fingerprint density at radius 2 is 2.33 bits per heavy atom. The third kappa shape index (κ3) is 4.93. The van der Waals surface area contributed by atoms with Gasteiger partial charge < -0.3 is 31.5 Å². The van der Waals surface area contributed by atoms with E-state index in [1.54, 1.807) is 12.1 Å². The van der Waals surface area contributed by atoms with Crippen molar-refractivity contribution in [1.82, 2.24) is 9.97 Å². The molecule has 142 valence electrons. The van der Waals surface area contributed by atoms with E-state index in [2.05, 4.69) is 31.8 Å². The number of benzene rings is 1.